The van der Waals surface area contributed by atoms with Gasteiger partial charge in [0.05, 0.1) is 7.11 Å². The van der Waals surface area contributed by atoms with Gasteiger partial charge in [0.1, 0.15) is 7.05 Å². The van der Waals surface area contributed by atoms with E-state index < -0.39 is 21.9 Å². The van der Waals surface area contributed by atoms with Gasteiger partial charge in [-0.2, -0.15) is 4.21 Å². The molecule has 2 atom stereocenters. The number of likely N-dealkylation sites (N-methyl/N-ethyl adjacent to an activating group) is 1. The summed E-state index contributed by atoms with van der Waals surface area (Å²) in [6, 6.07) is 8.71. The van der Waals surface area contributed by atoms with Gasteiger partial charge in [0.25, 0.3) is 0 Å². The molecule has 7 heteroatoms. The van der Waals surface area contributed by atoms with Crippen molar-refractivity contribution in [1.82, 2.24) is 4.65 Å². The van der Waals surface area contributed by atoms with Crippen molar-refractivity contribution >= 4 is 23.0 Å². The van der Waals surface area contributed by atoms with Crippen molar-refractivity contribution in [2.24, 2.45) is 0 Å². The summed E-state index contributed by atoms with van der Waals surface area (Å²) in [6.07, 6.45) is 0. The Balaban J connectivity index is 3.08. The molecule has 1 aromatic carbocycles. The lowest BCUT2D eigenvalue weighted by molar-refractivity contribution is -0.153. The number of hydroxylamine groups is 2. The molecule has 0 aliphatic heterocycles. The van der Waals surface area contributed by atoms with Crippen LogP contribution in [0.2, 0.25) is 0 Å². The van der Waals surface area contributed by atoms with Gasteiger partial charge in [-0.25, -0.2) is 4.79 Å². The number of ether oxygens (including phenoxy) is 1. The summed E-state index contributed by atoms with van der Waals surface area (Å²) in [5.41, 5.74) is 0.532. The lowest BCUT2D eigenvalue weighted by Gasteiger charge is -2.25. The first-order chi connectivity index (χ1) is 8.54. The van der Waals surface area contributed by atoms with Crippen molar-refractivity contribution in [3.05, 3.63) is 30.3 Å². The highest BCUT2D eigenvalue weighted by Crippen LogP contribution is 2.23. The fourth-order valence-electron chi connectivity index (χ4n) is 1.34. The molecule has 0 radical (unpaired) electrons. The normalized spacial score (nSPS) is 15.9. The quantitative estimate of drug-likeness (QED) is 0.571. The molecular weight excluding hydrogens is 258 g/mol. The summed E-state index contributed by atoms with van der Waals surface area (Å²) in [5.74, 6) is -0.394. The van der Waals surface area contributed by atoms with E-state index in [2.05, 4.69) is 4.18 Å². The molecule has 1 amide bonds. The topological polar surface area (TPSA) is 61.8 Å². The zero-order valence-corrected chi connectivity index (χ0v) is 11.3. The van der Waals surface area contributed by atoms with Crippen LogP contribution in [-0.4, -0.2) is 38.0 Å². The first kappa shape index (κ1) is 14.9. The van der Waals surface area contributed by atoms with Crippen LogP contribution in [0.4, 0.5) is 5.69 Å². The van der Waals surface area contributed by atoms with E-state index in [4.69, 9.17) is 9.02 Å². The maximum Gasteiger partial charge on any atom is 0.377 e. The Labute approximate surface area is 108 Å². The van der Waals surface area contributed by atoms with Crippen LogP contribution in [0.1, 0.15) is 0 Å². The predicted octanol–water partition coefficient (Wildman–Crippen LogP) is 0.953. The molecule has 0 saturated carbocycles. The molecule has 2 unspecified atom stereocenters. The van der Waals surface area contributed by atoms with Crippen LogP contribution in [0.3, 0.4) is 0 Å². The van der Waals surface area contributed by atoms with Gasteiger partial charge in [-0.05, 0) is 0 Å². The average molecular weight is 274 g/mol. The van der Waals surface area contributed by atoms with Crippen molar-refractivity contribution in [3.63, 3.8) is 0 Å². The molecule has 18 heavy (non-hydrogen) atoms. The maximum absolute atomic E-state index is 12.0. The van der Waals surface area contributed by atoms with E-state index in [9.17, 15) is 9.00 Å². The molecule has 100 valence electrons. The number of hydrogen-bond donors (Lipinski definition) is 0. The molecule has 0 aliphatic carbocycles. The molecule has 1 aromatic rings. The maximum atomic E-state index is 12.0. The zero-order chi connectivity index (χ0) is 13.6. The summed E-state index contributed by atoms with van der Waals surface area (Å²) in [5, 5.41) is 0. The molecule has 0 N–H and O–H groups in total. The number of benzene rings is 1. The third-order valence-corrected chi connectivity index (χ3v) is 3.03. The van der Waals surface area contributed by atoms with E-state index >= 15 is 0 Å². The van der Waals surface area contributed by atoms with E-state index in [1.54, 1.807) is 24.3 Å². The monoisotopic (exact) mass is 274 g/mol. The Hall–Kier alpha value is -1.12. The molecule has 0 bridgehead atoms. The number of hydrogen-bond acceptors (Lipinski definition) is 5. The van der Waals surface area contributed by atoms with Crippen molar-refractivity contribution in [2.45, 2.75) is 0 Å². The highest BCUT2D eigenvalue weighted by molar-refractivity contribution is 7.75. The van der Waals surface area contributed by atoms with Crippen molar-refractivity contribution in [3.8, 4) is 0 Å². The average Bonchev–Trinajstić information content (AvgIpc) is 2.39. The van der Waals surface area contributed by atoms with Crippen molar-refractivity contribution < 1.29 is 22.2 Å². The van der Waals surface area contributed by atoms with Crippen LogP contribution in [0.15, 0.2) is 30.3 Å². The first-order valence-electron chi connectivity index (χ1n) is 5.15. The first-order valence-corrected chi connectivity index (χ1v) is 6.15. The number of rotatable bonds is 6. The summed E-state index contributed by atoms with van der Waals surface area (Å²) in [6.45, 7) is -0.160. The number of nitrogens with zero attached hydrogens (tertiary/aromatic N) is 1. The van der Waals surface area contributed by atoms with Gasteiger partial charge < -0.3 is 4.74 Å². The third kappa shape index (κ3) is 3.44. The van der Waals surface area contributed by atoms with Gasteiger partial charge in [-0.1, -0.05) is 27.1 Å². The van der Waals surface area contributed by atoms with Crippen LogP contribution in [-0.2, 0) is 29.4 Å². The molecule has 1 rings (SSSR count). The lowest BCUT2D eigenvalue weighted by Crippen LogP contribution is -2.52. The SMILES string of the molecule is COCC(=O)[N+](C)(OS(=O)OC)c1ccccc1. The molecule has 0 fully saturated rings. The molecule has 0 spiro atoms. The number of methoxy groups -OCH3 is 1. The van der Waals surface area contributed by atoms with Crippen LogP contribution in [0.25, 0.3) is 0 Å². The molecule has 0 heterocycles. The van der Waals surface area contributed by atoms with E-state index in [1.807, 2.05) is 6.07 Å². The number of carbonyl (C=O) groups excluding carboxylic acids is 1. The van der Waals surface area contributed by atoms with Crippen LogP contribution in [0, 0.1) is 0 Å². The minimum atomic E-state index is -2.03. The fraction of sp³-hybridized carbons (Fsp3) is 0.364. The predicted molar refractivity (Wildman–Crippen MR) is 67.3 cm³/mol. The second kappa shape index (κ2) is 6.72. The van der Waals surface area contributed by atoms with Crippen LogP contribution < -0.4 is 4.65 Å². The summed E-state index contributed by atoms with van der Waals surface area (Å²) in [7, 11) is 4.11. The second-order valence-electron chi connectivity index (χ2n) is 3.53. The zero-order valence-electron chi connectivity index (χ0n) is 10.5. The molecule has 6 nitrogen and oxygen atoms in total. The minimum Gasteiger partial charge on any atom is -0.370 e. The van der Waals surface area contributed by atoms with Crippen molar-refractivity contribution in [1.29, 1.82) is 0 Å². The Morgan fingerprint density at radius 2 is 1.89 bits per heavy atom. The Kier molecular flexibility index (Phi) is 5.57. The Morgan fingerprint density at radius 3 is 2.39 bits per heavy atom. The number of amides is 1. The number of quaternary nitrogens is 1. The van der Waals surface area contributed by atoms with Gasteiger partial charge in [0.2, 0.25) is 0 Å². The van der Waals surface area contributed by atoms with E-state index in [1.165, 1.54) is 21.3 Å². The van der Waals surface area contributed by atoms with E-state index in [0.29, 0.717) is 5.69 Å². The number of carbonyl (C=O) groups is 1. The molecule has 0 aromatic heterocycles. The molecule has 0 aliphatic rings. The second-order valence-corrected chi connectivity index (χ2v) is 4.42. The van der Waals surface area contributed by atoms with E-state index in [-0.39, 0.29) is 6.61 Å². The molecular formula is C11H16NO5S+. The van der Waals surface area contributed by atoms with Gasteiger partial charge in [0.15, 0.2) is 12.3 Å². The van der Waals surface area contributed by atoms with Gasteiger partial charge in [-0.15, -0.1) is 0 Å². The largest absolute Gasteiger partial charge is 0.377 e. The van der Waals surface area contributed by atoms with E-state index in [0.717, 1.165) is 0 Å². The van der Waals surface area contributed by atoms with Gasteiger partial charge in [-0.3, -0.25) is 4.18 Å². The van der Waals surface area contributed by atoms with Gasteiger partial charge >= 0.3 is 17.3 Å². The molecule has 0 saturated heterocycles. The highest BCUT2D eigenvalue weighted by atomic mass is 32.2. The smallest absolute Gasteiger partial charge is 0.370 e. The summed E-state index contributed by atoms with van der Waals surface area (Å²) < 4.78 is 25.2. The van der Waals surface area contributed by atoms with Gasteiger partial charge in [0, 0.05) is 19.2 Å². The summed E-state index contributed by atoms with van der Waals surface area (Å²) >= 11 is -2.03. The standard InChI is InChI=1S/C11H16NO5S/c1-12(11(13)9-15-2,17-18(14)16-3)10-7-5-4-6-8-10/h4-8H,9H2,1-3H3/q+1. The summed E-state index contributed by atoms with van der Waals surface area (Å²) in [4.78, 5) is 12.0. The third-order valence-electron chi connectivity index (χ3n) is 2.34. The lowest BCUT2D eigenvalue weighted by atomic mass is 10.3. The highest BCUT2D eigenvalue weighted by Gasteiger charge is 2.39. The van der Waals surface area contributed by atoms with Crippen molar-refractivity contribution in [2.75, 3.05) is 27.9 Å². The number of para-hydroxylation sites is 1. The fourth-order valence-corrected chi connectivity index (χ4v) is 1.81. The van der Waals surface area contributed by atoms with Crippen LogP contribution in [0.5, 0.6) is 0 Å². The Bertz CT molecular complexity index is 425. The Morgan fingerprint density at radius 1 is 1.28 bits per heavy atom. The van der Waals surface area contributed by atoms with Crippen LogP contribution >= 0.6 is 0 Å². The minimum absolute atomic E-state index is 0.160.